The molecule has 0 saturated heterocycles. The molecule has 3 aromatic rings. The summed E-state index contributed by atoms with van der Waals surface area (Å²) in [6, 6.07) is 14.0. The van der Waals surface area contributed by atoms with Crippen molar-refractivity contribution < 1.29 is 23.2 Å². The predicted molar refractivity (Wildman–Crippen MR) is 117 cm³/mol. The maximum atomic E-state index is 13.1. The summed E-state index contributed by atoms with van der Waals surface area (Å²) < 4.78 is 28.5. The molecule has 0 unspecified atom stereocenters. The smallest absolute Gasteiger partial charge is 0.322 e. The molecule has 0 spiro atoms. The number of fused-ring (bicyclic) bond motifs is 1. The van der Waals surface area contributed by atoms with Crippen molar-refractivity contribution >= 4 is 38.1 Å². The van der Waals surface area contributed by atoms with Crippen LogP contribution in [-0.2, 0) is 21.2 Å². The van der Waals surface area contributed by atoms with Crippen LogP contribution < -0.4 is 9.62 Å². The summed E-state index contributed by atoms with van der Waals surface area (Å²) in [5.41, 5.74) is 1.15. The minimum atomic E-state index is -4.17. The summed E-state index contributed by atoms with van der Waals surface area (Å²) in [5.74, 6) is -1.35. The normalized spacial score (nSPS) is 12.5. The molecule has 0 radical (unpaired) electrons. The standard InChI is InChI=1S/C21H21N3O6S/c1-23(2)19-7-3-6-17-16(19)5-4-8-20(17)31(29,30)22-18(21(25)26)13-14-9-11-15(12-10-14)24(27)28/h3-12,18,22H,13H2,1-2H3,(H,25,26)/t18-/m0/s1. The van der Waals surface area contributed by atoms with Crippen molar-refractivity contribution in [3.05, 3.63) is 76.3 Å². The largest absolute Gasteiger partial charge is 0.480 e. The summed E-state index contributed by atoms with van der Waals surface area (Å²) in [6.07, 6.45) is -0.166. The van der Waals surface area contributed by atoms with Gasteiger partial charge in [0.15, 0.2) is 0 Å². The molecule has 9 nitrogen and oxygen atoms in total. The Morgan fingerprint density at radius 3 is 2.26 bits per heavy atom. The molecule has 162 valence electrons. The fraction of sp³-hybridized carbons (Fsp3) is 0.190. The maximum Gasteiger partial charge on any atom is 0.322 e. The zero-order valence-electron chi connectivity index (χ0n) is 16.8. The molecule has 1 atom stereocenters. The van der Waals surface area contributed by atoms with Crippen LogP contribution in [0.3, 0.4) is 0 Å². The van der Waals surface area contributed by atoms with E-state index in [1.54, 1.807) is 24.3 Å². The average molecular weight is 443 g/mol. The predicted octanol–water partition coefficient (Wildman–Crippen LogP) is 2.79. The zero-order valence-corrected chi connectivity index (χ0v) is 17.7. The molecule has 31 heavy (non-hydrogen) atoms. The van der Waals surface area contributed by atoms with Crippen molar-refractivity contribution in [2.45, 2.75) is 17.4 Å². The first-order valence-electron chi connectivity index (χ1n) is 9.27. The number of hydrogen-bond donors (Lipinski definition) is 2. The number of aliphatic carboxylic acids is 1. The summed E-state index contributed by atoms with van der Waals surface area (Å²) in [7, 11) is -0.481. The molecule has 0 heterocycles. The quantitative estimate of drug-likeness (QED) is 0.404. The van der Waals surface area contributed by atoms with Crippen LogP contribution in [0.2, 0.25) is 0 Å². The molecule has 0 aliphatic carbocycles. The highest BCUT2D eigenvalue weighted by Gasteiger charge is 2.27. The van der Waals surface area contributed by atoms with E-state index in [4.69, 9.17) is 0 Å². The molecule has 0 aliphatic heterocycles. The lowest BCUT2D eigenvalue weighted by Gasteiger charge is -2.18. The second-order valence-electron chi connectivity index (χ2n) is 7.16. The topological polar surface area (TPSA) is 130 Å². The van der Waals surface area contributed by atoms with Crippen LogP contribution in [0, 0.1) is 10.1 Å². The Kier molecular flexibility index (Phi) is 6.23. The van der Waals surface area contributed by atoms with E-state index in [0.717, 1.165) is 11.1 Å². The van der Waals surface area contributed by atoms with E-state index < -0.39 is 27.0 Å². The summed E-state index contributed by atoms with van der Waals surface area (Å²) in [6.45, 7) is 0. The molecule has 10 heteroatoms. The molecular formula is C21H21N3O6S. The average Bonchev–Trinajstić information content (AvgIpc) is 2.72. The van der Waals surface area contributed by atoms with Gasteiger partial charge >= 0.3 is 5.97 Å². The van der Waals surface area contributed by atoms with Crippen molar-refractivity contribution in [1.29, 1.82) is 0 Å². The minimum Gasteiger partial charge on any atom is -0.480 e. The molecule has 3 aromatic carbocycles. The highest BCUT2D eigenvalue weighted by molar-refractivity contribution is 7.89. The third kappa shape index (κ3) is 4.81. The first-order valence-corrected chi connectivity index (χ1v) is 10.8. The van der Waals surface area contributed by atoms with Gasteiger partial charge in [0.2, 0.25) is 10.0 Å². The maximum absolute atomic E-state index is 13.1. The number of sulfonamides is 1. The van der Waals surface area contributed by atoms with Crippen LogP contribution >= 0.6 is 0 Å². The van der Waals surface area contributed by atoms with Crippen molar-refractivity contribution in [3.63, 3.8) is 0 Å². The molecule has 0 bridgehead atoms. The van der Waals surface area contributed by atoms with Gasteiger partial charge in [0.05, 0.1) is 9.82 Å². The van der Waals surface area contributed by atoms with Gasteiger partial charge in [-0.15, -0.1) is 0 Å². The van der Waals surface area contributed by atoms with Gasteiger partial charge in [-0.3, -0.25) is 14.9 Å². The second kappa shape index (κ2) is 8.70. The Balaban J connectivity index is 1.94. The van der Waals surface area contributed by atoms with Crippen LogP contribution in [0.5, 0.6) is 0 Å². The summed E-state index contributed by atoms with van der Waals surface area (Å²) in [5, 5.41) is 21.5. The van der Waals surface area contributed by atoms with Gasteiger partial charge in [-0.25, -0.2) is 8.42 Å². The zero-order chi connectivity index (χ0) is 22.8. The number of carbonyl (C=O) groups is 1. The van der Waals surface area contributed by atoms with Crippen molar-refractivity contribution in [2.75, 3.05) is 19.0 Å². The molecule has 0 amide bonds. The fourth-order valence-corrected chi connectivity index (χ4v) is 4.72. The monoisotopic (exact) mass is 443 g/mol. The Morgan fingerprint density at radius 2 is 1.68 bits per heavy atom. The minimum absolute atomic E-state index is 0.0244. The van der Waals surface area contributed by atoms with Gasteiger partial charge in [0.1, 0.15) is 6.04 Å². The lowest BCUT2D eigenvalue weighted by atomic mass is 10.1. The lowest BCUT2D eigenvalue weighted by molar-refractivity contribution is -0.384. The Labute approximate surface area is 179 Å². The van der Waals surface area contributed by atoms with E-state index in [0.29, 0.717) is 10.9 Å². The van der Waals surface area contributed by atoms with Crippen LogP contribution in [-0.4, -0.2) is 44.6 Å². The first-order chi connectivity index (χ1) is 14.6. The second-order valence-corrected chi connectivity index (χ2v) is 8.85. The van der Waals surface area contributed by atoms with Crippen LogP contribution in [0.1, 0.15) is 5.56 Å². The number of nitrogens with zero attached hydrogens (tertiary/aromatic N) is 2. The number of carboxylic acids is 1. The van der Waals surface area contributed by atoms with E-state index in [1.165, 1.54) is 30.3 Å². The van der Waals surface area contributed by atoms with Crippen molar-refractivity contribution in [3.8, 4) is 0 Å². The van der Waals surface area contributed by atoms with E-state index in [-0.39, 0.29) is 17.0 Å². The number of nitrogens with one attached hydrogen (secondary N) is 1. The van der Waals surface area contributed by atoms with Gasteiger partial charge < -0.3 is 10.0 Å². The Hall–Kier alpha value is -3.50. The SMILES string of the molecule is CN(C)c1cccc2c(S(=O)(=O)N[C@@H](Cc3ccc([N+](=O)[O-])cc3)C(=O)O)cccc12. The van der Waals surface area contributed by atoms with E-state index in [9.17, 15) is 28.4 Å². The van der Waals surface area contributed by atoms with E-state index in [2.05, 4.69) is 4.72 Å². The fourth-order valence-electron chi connectivity index (χ4n) is 3.31. The number of benzene rings is 3. The molecule has 3 rings (SSSR count). The Bertz CT molecular complexity index is 1240. The van der Waals surface area contributed by atoms with Gasteiger partial charge in [0.25, 0.3) is 5.69 Å². The summed E-state index contributed by atoms with van der Waals surface area (Å²) in [4.78, 5) is 23.8. The molecule has 0 aliphatic rings. The number of non-ortho nitro benzene ring substituents is 1. The molecule has 0 aromatic heterocycles. The van der Waals surface area contributed by atoms with Gasteiger partial charge in [0, 0.05) is 42.7 Å². The third-order valence-electron chi connectivity index (χ3n) is 4.81. The Morgan fingerprint density at radius 1 is 1.06 bits per heavy atom. The van der Waals surface area contributed by atoms with Crippen molar-refractivity contribution in [2.24, 2.45) is 0 Å². The van der Waals surface area contributed by atoms with E-state index in [1.807, 2.05) is 25.1 Å². The summed E-state index contributed by atoms with van der Waals surface area (Å²) >= 11 is 0. The van der Waals surface area contributed by atoms with Gasteiger partial charge in [-0.05, 0) is 24.1 Å². The van der Waals surface area contributed by atoms with Crippen LogP contribution in [0.4, 0.5) is 11.4 Å². The molecular weight excluding hydrogens is 422 g/mol. The van der Waals surface area contributed by atoms with Crippen molar-refractivity contribution in [1.82, 2.24) is 4.72 Å². The number of carboxylic acid groups (broad SMARTS) is 1. The highest BCUT2D eigenvalue weighted by atomic mass is 32.2. The number of nitro benzene ring substituents is 1. The number of anilines is 1. The van der Waals surface area contributed by atoms with E-state index >= 15 is 0 Å². The number of hydrogen-bond acceptors (Lipinski definition) is 6. The lowest BCUT2D eigenvalue weighted by Crippen LogP contribution is -2.42. The first kappa shape index (κ1) is 22.2. The van der Waals surface area contributed by atoms with Gasteiger partial charge in [-0.1, -0.05) is 36.4 Å². The number of nitro groups is 1. The molecule has 0 saturated carbocycles. The van der Waals surface area contributed by atoms with Gasteiger partial charge in [-0.2, -0.15) is 4.72 Å². The highest BCUT2D eigenvalue weighted by Crippen LogP contribution is 2.30. The molecule has 2 N–H and O–H groups in total. The molecule has 0 fully saturated rings. The van der Waals surface area contributed by atoms with Crippen LogP contribution in [0.25, 0.3) is 10.8 Å². The third-order valence-corrected chi connectivity index (χ3v) is 6.34. The van der Waals surface area contributed by atoms with Crippen LogP contribution in [0.15, 0.2) is 65.6 Å². The number of rotatable bonds is 8.